The van der Waals surface area contributed by atoms with Crippen LogP contribution in [-0.4, -0.2) is 53.1 Å². The van der Waals surface area contributed by atoms with Crippen LogP contribution in [0.25, 0.3) is 22.4 Å². The molecule has 62 heavy (non-hydrogen) atoms. The van der Waals surface area contributed by atoms with Crippen LogP contribution in [0.3, 0.4) is 0 Å². The number of benzene rings is 2. The summed E-state index contributed by atoms with van der Waals surface area (Å²) in [7, 11) is 3.75. The summed E-state index contributed by atoms with van der Waals surface area (Å²) in [5.74, 6) is 1.26. The Labute approximate surface area is 369 Å². The van der Waals surface area contributed by atoms with Crippen LogP contribution < -0.4 is 15.4 Å². The molecule has 0 bridgehead atoms. The zero-order chi connectivity index (χ0) is 44.1. The number of piperidine rings is 1. The number of nitrogens with one attached hydrogen (secondary N) is 2. The lowest BCUT2D eigenvalue weighted by molar-refractivity contribution is -0.130. The van der Waals surface area contributed by atoms with Gasteiger partial charge in [-0.05, 0) is 180 Å². The number of aliphatic hydroxyl groups excluding tert-OH is 1. The highest BCUT2D eigenvalue weighted by Gasteiger charge is 2.39. The molecule has 0 radical (unpaired) electrons. The molecule has 2 fully saturated rings. The average Bonchev–Trinajstić information content (AvgIpc) is 3.66. The summed E-state index contributed by atoms with van der Waals surface area (Å²) in [5, 5.41) is 15.9. The molecule has 1 aromatic heterocycles. The largest absolute Gasteiger partial charge is 0.481 e. The van der Waals surface area contributed by atoms with E-state index in [9.17, 15) is 14.7 Å². The van der Waals surface area contributed by atoms with E-state index in [2.05, 4.69) is 49.4 Å². The third-order valence-electron chi connectivity index (χ3n) is 15.0. The number of aryl methyl sites for hydroxylation is 1. The van der Waals surface area contributed by atoms with Crippen molar-refractivity contribution in [1.82, 2.24) is 15.2 Å². The Bertz CT molecular complexity index is 2250. The number of nitrogens with zero attached hydrogens (tertiary/aromatic N) is 2. The summed E-state index contributed by atoms with van der Waals surface area (Å²) >= 11 is 0. The fourth-order valence-corrected chi connectivity index (χ4v) is 10.8. The number of carbonyl (C=O) groups is 2. The van der Waals surface area contributed by atoms with Crippen molar-refractivity contribution in [2.45, 2.75) is 149 Å². The fourth-order valence-electron chi connectivity index (χ4n) is 10.8. The number of amides is 2. The molecule has 2 aliphatic carbocycles. The molecule has 2 unspecified atom stereocenters. The molecule has 3 aromatic rings. The van der Waals surface area contributed by atoms with Crippen molar-refractivity contribution in [2.75, 3.05) is 26.1 Å². The molecule has 2 aromatic carbocycles. The van der Waals surface area contributed by atoms with Gasteiger partial charge in [-0.25, -0.2) is 9.37 Å². The van der Waals surface area contributed by atoms with Crippen molar-refractivity contribution in [3.05, 3.63) is 99.2 Å². The number of likely N-dealkylation sites (N-methyl/N-ethyl adjacent to an activating group) is 1. The van der Waals surface area contributed by atoms with Gasteiger partial charge in [0.15, 0.2) is 0 Å². The van der Waals surface area contributed by atoms with Crippen LogP contribution in [-0.2, 0) is 16.0 Å². The first-order chi connectivity index (χ1) is 30.0. The van der Waals surface area contributed by atoms with Gasteiger partial charge in [-0.15, -0.1) is 0 Å². The minimum Gasteiger partial charge on any atom is -0.481 e. The Hall–Kier alpha value is -4.76. The van der Waals surface area contributed by atoms with Crippen molar-refractivity contribution in [1.29, 1.82) is 0 Å². The van der Waals surface area contributed by atoms with Crippen LogP contribution in [0.5, 0.6) is 5.88 Å². The second-order valence-corrected chi connectivity index (χ2v) is 18.4. The Morgan fingerprint density at radius 1 is 1.05 bits per heavy atom. The molecule has 3 N–H and O–H groups in total. The standard InChI is InChI=1S/C53H69FN4O4/c1-8-35(26-28-53(10-3)29-27-37(50(60)57-53)15-11-12-30-59)31-38-20-21-39-32-46(56-52(62-7)48(38)39)41-24-25-44(54)47(34(41)5)42-18-14-19-45(33(42)4)55-51(61)43-23-22-40(9-2)58(6)49(43)36-16-13-17-36/h14,18-19,22-25,32,35,37-38,59H,8-13,15-17,20-21,26-31H2,1-7H3,(H,55,61)(H,57,60)/t35?,37?,38-,53-/m1/s1. The van der Waals surface area contributed by atoms with Crippen LogP contribution >= 0.6 is 0 Å². The summed E-state index contributed by atoms with van der Waals surface area (Å²) in [4.78, 5) is 34.4. The van der Waals surface area contributed by atoms with Crippen molar-refractivity contribution in [3.63, 3.8) is 0 Å². The lowest BCUT2D eigenvalue weighted by atomic mass is 9.75. The first-order valence-corrected chi connectivity index (χ1v) is 23.5. The fraction of sp³-hybridized carbons (Fsp3) is 0.528. The van der Waals surface area contributed by atoms with Gasteiger partial charge in [0.2, 0.25) is 11.8 Å². The molecule has 8 nitrogen and oxygen atoms in total. The zero-order valence-corrected chi connectivity index (χ0v) is 38.3. The number of hydrogen-bond donors (Lipinski definition) is 3. The summed E-state index contributed by atoms with van der Waals surface area (Å²) in [6, 6.07) is 11.3. The molecule has 2 aliphatic heterocycles. The number of unbranched alkanes of at least 4 members (excludes halogenated alkanes) is 1. The maximum absolute atomic E-state index is 16.1. The monoisotopic (exact) mass is 845 g/mol. The van der Waals surface area contributed by atoms with Gasteiger partial charge in [-0.3, -0.25) is 9.59 Å². The van der Waals surface area contributed by atoms with E-state index in [0.717, 1.165) is 136 Å². The normalized spacial score (nSPS) is 21.5. The summed E-state index contributed by atoms with van der Waals surface area (Å²) in [6.45, 7) is 10.7. The smallest absolute Gasteiger partial charge is 0.257 e. The lowest BCUT2D eigenvalue weighted by Gasteiger charge is -2.41. The predicted octanol–water partition coefficient (Wildman–Crippen LogP) is 11.8. The Morgan fingerprint density at radius 3 is 2.53 bits per heavy atom. The van der Waals surface area contributed by atoms with Gasteiger partial charge in [-0.2, -0.15) is 0 Å². The topological polar surface area (TPSA) is 104 Å². The third kappa shape index (κ3) is 9.15. The van der Waals surface area contributed by atoms with Crippen LogP contribution in [0.2, 0.25) is 0 Å². The zero-order valence-electron chi connectivity index (χ0n) is 38.3. The summed E-state index contributed by atoms with van der Waals surface area (Å²) in [6.07, 6.45) is 19.5. The van der Waals surface area contributed by atoms with E-state index in [1.54, 1.807) is 7.11 Å². The average molecular weight is 845 g/mol. The van der Waals surface area contributed by atoms with Crippen molar-refractivity contribution in [2.24, 2.45) is 11.8 Å². The van der Waals surface area contributed by atoms with Crippen LogP contribution in [0, 0.1) is 31.5 Å². The number of carbonyl (C=O) groups excluding carboxylic acids is 2. The van der Waals surface area contributed by atoms with Gasteiger partial charge in [0.1, 0.15) is 5.82 Å². The molecular weight excluding hydrogens is 776 g/mol. The number of anilines is 1. The number of fused-ring (bicyclic) bond motifs is 1. The van der Waals surface area contributed by atoms with Crippen LogP contribution in [0.1, 0.15) is 145 Å². The number of aromatic nitrogens is 1. The van der Waals surface area contributed by atoms with E-state index in [4.69, 9.17) is 9.72 Å². The molecule has 1 saturated heterocycles. The predicted molar refractivity (Wildman–Crippen MR) is 248 cm³/mol. The van der Waals surface area contributed by atoms with E-state index in [1.165, 1.54) is 28.5 Å². The highest BCUT2D eigenvalue weighted by atomic mass is 19.1. The maximum Gasteiger partial charge on any atom is 0.257 e. The molecule has 4 atom stereocenters. The van der Waals surface area contributed by atoms with Crippen molar-refractivity contribution >= 4 is 17.5 Å². The summed E-state index contributed by atoms with van der Waals surface area (Å²) < 4.78 is 22.2. The van der Waals surface area contributed by atoms with Crippen molar-refractivity contribution in [3.8, 4) is 28.3 Å². The minimum absolute atomic E-state index is 0.0606. The van der Waals surface area contributed by atoms with Gasteiger partial charge >= 0.3 is 0 Å². The van der Waals surface area contributed by atoms with Gasteiger partial charge in [0.25, 0.3) is 5.91 Å². The number of rotatable bonds is 17. The lowest BCUT2D eigenvalue weighted by Crippen LogP contribution is -2.54. The van der Waals surface area contributed by atoms with Crippen LogP contribution in [0.15, 0.2) is 71.1 Å². The second kappa shape index (κ2) is 19.7. The molecule has 4 aliphatic rings. The number of pyridine rings is 1. The van der Waals surface area contributed by atoms with Gasteiger partial charge < -0.3 is 25.4 Å². The number of aliphatic hydroxyl groups is 1. The van der Waals surface area contributed by atoms with E-state index >= 15 is 4.39 Å². The number of hydrogen-bond acceptors (Lipinski definition) is 6. The maximum atomic E-state index is 16.1. The van der Waals surface area contributed by atoms with Gasteiger partial charge in [-0.1, -0.05) is 45.7 Å². The molecule has 3 heterocycles. The molecule has 2 amide bonds. The van der Waals surface area contributed by atoms with Gasteiger partial charge in [0, 0.05) is 53.2 Å². The third-order valence-corrected chi connectivity index (χ3v) is 15.0. The number of methoxy groups -OCH3 is 1. The second-order valence-electron chi connectivity index (χ2n) is 18.4. The SMILES string of the molecule is CCC1=CC=C(C(=O)Nc2cccc(-c3c(F)ccc(-c4cc5c(c(OC)n4)[C@@H](CC(CC)CC[C@]4(CC)CCC(CCCCO)C(=O)N4)CC5)c3C)c2C)C(=C2CCC2)N1C. The molecular formula is C53H69FN4O4. The Kier molecular flexibility index (Phi) is 14.4. The molecule has 1 saturated carbocycles. The van der Waals surface area contributed by atoms with E-state index in [0.29, 0.717) is 34.5 Å². The van der Waals surface area contributed by atoms with Crippen molar-refractivity contribution < 1.29 is 23.8 Å². The number of halogens is 1. The van der Waals surface area contributed by atoms with Gasteiger partial charge in [0.05, 0.1) is 24.1 Å². The van der Waals surface area contributed by atoms with E-state index < -0.39 is 0 Å². The number of ether oxygens (including phenoxy) is 1. The molecule has 9 heteroatoms. The molecule has 7 rings (SSSR count). The Balaban J connectivity index is 1.09. The first-order valence-electron chi connectivity index (χ1n) is 23.5. The summed E-state index contributed by atoms with van der Waals surface area (Å²) in [5.41, 5.74) is 11.6. The molecule has 0 spiro atoms. The van der Waals surface area contributed by atoms with E-state index in [1.807, 2.05) is 50.3 Å². The van der Waals surface area contributed by atoms with E-state index in [-0.39, 0.29) is 35.7 Å². The highest BCUT2D eigenvalue weighted by Crippen LogP contribution is 2.47. The van der Waals surface area contributed by atoms with Crippen LogP contribution in [0.4, 0.5) is 10.1 Å². The molecule has 332 valence electrons. The number of allylic oxidation sites excluding steroid dienone is 4. The highest BCUT2D eigenvalue weighted by molar-refractivity contribution is 6.08. The quantitative estimate of drug-likeness (QED) is 0.117. The first kappa shape index (κ1) is 45.3. The minimum atomic E-state index is -0.321. The Morgan fingerprint density at radius 2 is 1.85 bits per heavy atom.